The average molecular weight is 308 g/mol. The van der Waals surface area contributed by atoms with Gasteiger partial charge < -0.3 is 9.64 Å². The third-order valence-electron chi connectivity index (χ3n) is 5.41. The van der Waals surface area contributed by atoms with Gasteiger partial charge in [-0.25, -0.2) is 0 Å². The number of aryl methyl sites for hydroxylation is 1. The molecule has 0 amide bonds. The lowest BCUT2D eigenvalue weighted by Crippen LogP contribution is -2.49. The summed E-state index contributed by atoms with van der Waals surface area (Å²) in [5.74, 6) is 1.08. The van der Waals surface area contributed by atoms with Crippen molar-refractivity contribution in [2.75, 3.05) is 19.6 Å². The van der Waals surface area contributed by atoms with Gasteiger partial charge in [0.2, 0.25) is 0 Å². The van der Waals surface area contributed by atoms with E-state index in [1.807, 2.05) is 18.3 Å². The van der Waals surface area contributed by atoms with Gasteiger partial charge in [0.15, 0.2) is 0 Å². The Balaban J connectivity index is 1.55. The van der Waals surface area contributed by atoms with Crippen LogP contribution in [0.5, 0.6) is 5.75 Å². The highest BCUT2D eigenvalue weighted by Crippen LogP contribution is 2.40. The molecule has 23 heavy (non-hydrogen) atoms. The number of fused-ring (bicyclic) bond motifs is 1. The molecule has 3 heteroatoms. The molecular weight excluding hydrogens is 284 g/mol. The molecule has 0 aliphatic carbocycles. The van der Waals surface area contributed by atoms with Crippen molar-refractivity contribution in [2.45, 2.75) is 38.2 Å². The zero-order valence-electron chi connectivity index (χ0n) is 13.8. The van der Waals surface area contributed by atoms with E-state index in [0.29, 0.717) is 0 Å². The fourth-order valence-electron chi connectivity index (χ4n) is 3.84. The monoisotopic (exact) mass is 308 g/mol. The van der Waals surface area contributed by atoms with Gasteiger partial charge in [0, 0.05) is 24.8 Å². The first kappa shape index (κ1) is 14.7. The van der Waals surface area contributed by atoms with E-state index in [1.165, 1.54) is 11.1 Å². The Hall–Kier alpha value is -1.87. The van der Waals surface area contributed by atoms with Gasteiger partial charge in [-0.05, 0) is 68.1 Å². The Morgan fingerprint density at radius 2 is 2.00 bits per heavy atom. The van der Waals surface area contributed by atoms with E-state index in [4.69, 9.17) is 4.74 Å². The topological polar surface area (TPSA) is 25.4 Å². The second-order valence-electron chi connectivity index (χ2n) is 6.76. The molecule has 0 bridgehead atoms. The molecule has 1 fully saturated rings. The van der Waals surface area contributed by atoms with Gasteiger partial charge in [-0.3, -0.25) is 4.98 Å². The van der Waals surface area contributed by atoms with Crippen LogP contribution >= 0.6 is 0 Å². The van der Waals surface area contributed by atoms with Crippen LogP contribution in [-0.4, -0.2) is 35.1 Å². The first-order valence-corrected chi connectivity index (χ1v) is 8.74. The molecule has 0 radical (unpaired) electrons. The molecule has 0 saturated carbocycles. The van der Waals surface area contributed by atoms with E-state index in [2.05, 4.69) is 41.1 Å². The number of piperidine rings is 1. The number of hydrogen-bond acceptors (Lipinski definition) is 3. The van der Waals surface area contributed by atoms with E-state index in [0.717, 1.165) is 56.8 Å². The van der Waals surface area contributed by atoms with Gasteiger partial charge in [-0.2, -0.15) is 0 Å². The molecule has 2 aliphatic heterocycles. The van der Waals surface area contributed by atoms with E-state index in [-0.39, 0.29) is 5.60 Å². The molecular formula is C20H24N2O. The predicted molar refractivity (Wildman–Crippen MR) is 92.7 cm³/mol. The molecule has 2 aromatic rings. The summed E-state index contributed by atoms with van der Waals surface area (Å²) in [4.78, 5) is 6.97. The van der Waals surface area contributed by atoms with Crippen molar-refractivity contribution >= 4 is 0 Å². The Morgan fingerprint density at radius 1 is 1.13 bits per heavy atom. The molecule has 3 nitrogen and oxygen atoms in total. The van der Waals surface area contributed by atoms with Crippen LogP contribution in [-0.2, 0) is 6.42 Å². The van der Waals surface area contributed by atoms with Gasteiger partial charge in [-0.1, -0.05) is 13.0 Å². The van der Waals surface area contributed by atoms with Crippen molar-refractivity contribution in [3.8, 4) is 17.0 Å². The largest absolute Gasteiger partial charge is 0.487 e. The van der Waals surface area contributed by atoms with Crippen molar-refractivity contribution in [3.63, 3.8) is 0 Å². The molecule has 0 N–H and O–H groups in total. The number of nitrogens with zero attached hydrogens (tertiary/aromatic N) is 2. The molecule has 2 aliphatic rings. The van der Waals surface area contributed by atoms with Crippen LogP contribution in [0, 0.1) is 0 Å². The first-order chi connectivity index (χ1) is 11.3. The lowest BCUT2D eigenvalue weighted by molar-refractivity contribution is -0.0132. The summed E-state index contributed by atoms with van der Waals surface area (Å²) in [5.41, 5.74) is 3.62. The fraction of sp³-hybridized carbons (Fsp3) is 0.450. The second kappa shape index (κ2) is 5.97. The molecule has 0 atom stereocenters. The van der Waals surface area contributed by atoms with Crippen LogP contribution in [0.2, 0.25) is 0 Å². The fourth-order valence-corrected chi connectivity index (χ4v) is 3.84. The highest BCUT2D eigenvalue weighted by atomic mass is 16.5. The lowest BCUT2D eigenvalue weighted by Gasteiger charge is -2.44. The molecule has 1 spiro atoms. The predicted octanol–water partition coefficient (Wildman–Crippen LogP) is 3.93. The number of ether oxygens (including phenoxy) is 1. The maximum atomic E-state index is 6.50. The van der Waals surface area contributed by atoms with Crippen LogP contribution in [0.25, 0.3) is 11.3 Å². The van der Waals surface area contributed by atoms with Crippen LogP contribution in [0.15, 0.2) is 42.6 Å². The molecule has 4 rings (SSSR count). The van der Waals surface area contributed by atoms with E-state index in [9.17, 15) is 0 Å². The van der Waals surface area contributed by atoms with Gasteiger partial charge in [0.05, 0.1) is 5.69 Å². The van der Waals surface area contributed by atoms with Crippen LogP contribution in [0.1, 0.15) is 31.7 Å². The average Bonchev–Trinajstić information content (AvgIpc) is 2.63. The normalized spacial score (nSPS) is 20.0. The van der Waals surface area contributed by atoms with Gasteiger partial charge in [0.1, 0.15) is 11.4 Å². The summed E-state index contributed by atoms with van der Waals surface area (Å²) >= 11 is 0. The summed E-state index contributed by atoms with van der Waals surface area (Å²) in [6.45, 7) is 5.73. The zero-order valence-corrected chi connectivity index (χ0v) is 13.8. The smallest absolute Gasteiger partial charge is 0.123 e. The van der Waals surface area contributed by atoms with Gasteiger partial charge >= 0.3 is 0 Å². The quantitative estimate of drug-likeness (QED) is 0.840. The third kappa shape index (κ3) is 2.86. The first-order valence-electron chi connectivity index (χ1n) is 8.74. The van der Waals surface area contributed by atoms with Crippen LogP contribution in [0.4, 0.5) is 0 Å². The summed E-state index contributed by atoms with van der Waals surface area (Å²) in [6.07, 6.45) is 6.41. The van der Waals surface area contributed by atoms with Crippen LogP contribution < -0.4 is 4.74 Å². The number of aromatic nitrogens is 1. The van der Waals surface area contributed by atoms with Crippen LogP contribution in [0.3, 0.4) is 0 Å². The number of likely N-dealkylation sites (tertiary alicyclic amines) is 1. The lowest BCUT2D eigenvalue weighted by atomic mass is 9.83. The Morgan fingerprint density at radius 3 is 2.74 bits per heavy atom. The minimum absolute atomic E-state index is 0.0746. The van der Waals surface area contributed by atoms with E-state index in [1.54, 1.807) is 0 Å². The standard InChI is InChI=1S/C20H24N2O/c1-2-22-13-10-20(11-14-22)9-8-17-15-16(6-7-19(17)23-20)18-5-3-4-12-21-18/h3-7,12,15H,2,8-11,13-14H2,1H3. The Bertz CT molecular complexity index is 675. The molecule has 3 heterocycles. The van der Waals surface area contributed by atoms with Crippen molar-refractivity contribution in [1.82, 2.24) is 9.88 Å². The summed E-state index contributed by atoms with van der Waals surface area (Å²) < 4.78 is 6.50. The number of benzene rings is 1. The minimum atomic E-state index is 0.0746. The van der Waals surface area contributed by atoms with Crippen molar-refractivity contribution in [2.24, 2.45) is 0 Å². The van der Waals surface area contributed by atoms with Gasteiger partial charge in [0.25, 0.3) is 0 Å². The molecule has 1 aromatic carbocycles. The molecule has 120 valence electrons. The number of pyridine rings is 1. The molecule has 1 aromatic heterocycles. The summed E-state index contributed by atoms with van der Waals surface area (Å²) in [7, 11) is 0. The van der Waals surface area contributed by atoms with Gasteiger partial charge in [-0.15, -0.1) is 0 Å². The molecule has 0 unspecified atom stereocenters. The minimum Gasteiger partial charge on any atom is -0.487 e. The SMILES string of the molecule is CCN1CCC2(CCc3cc(-c4ccccn4)ccc3O2)CC1. The molecule has 1 saturated heterocycles. The highest BCUT2D eigenvalue weighted by molar-refractivity contribution is 5.62. The Kier molecular flexibility index (Phi) is 3.82. The van der Waals surface area contributed by atoms with E-state index < -0.39 is 0 Å². The Labute approximate surface area is 138 Å². The summed E-state index contributed by atoms with van der Waals surface area (Å²) in [6, 6.07) is 12.6. The maximum absolute atomic E-state index is 6.50. The van der Waals surface area contributed by atoms with Crippen molar-refractivity contribution in [3.05, 3.63) is 48.2 Å². The number of rotatable bonds is 2. The summed E-state index contributed by atoms with van der Waals surface area (Å²) in [5, 5.41) is 0. The van der Waals surface area contributed by atoms with E-state index >= 15 is 0 Å². The highest BCUT2D eigenvalue weighted by Gasteiger charge is 2.39. The second-order valence-corrected chi connectivity index (χ2v) is 6.76. The number of hydrogen-bond donors (Lipinski definition) is 0. The third-order valence-corrected chi connectivity index (χ3v) is 5.41. The maximum Gasteiger partial charge on any atom is 0.123 e. The van der Waals surface area contributed by atoms with Crippen molar-refractivity contribution in [1.29, 1.82) is 0 Å². The zero-order chi connectivity index (χ0) is 15.7. The van der Waals surface area contributed by atoms with Crippen molar-refractivity contribution < 1.29 is 4.74 Å².